The van der Waals surface area contributed by atoms with E-state index in [0.29, 0.717) is 18.7 Å². The molecule has 0 aromatic heterocycles. The van der Waals surface area contributed by atoms with Crippen molar-refractivity contribution in [1.29, 1.82) is 0 Å². The molecule has 3 aliphatic rings. The van der Waals surface area contributed by atoms with E-state index in [4.69, 9.17) is 9.47 Å². The van der Waals surface area contributed by atoms with Crippen LogP contribution in [0.1, 0.15) is 31.2 Å². The maximum absolute atomic E-state index is 12.3. The lowest BCUT2D eigenvalue weighted by atomic mass is 9.91. The Hall–Kier alpha value is -1.55. The molecule has 0 aliphatic carbocycles. The monoisotopic (exact) mass is 273 g/mol. The van der Waals surface area contributed by atoms with Gasteiger partial charge in [0.05, 0.1) is 12.2 Å². The molecule has 4 nitrogen and oxygen atoms in total. The van der Waals surface area contributed by atoms with Gasteiger partial charge in [-0.15, -0.1) is 0 Å². The van der Waals surface area contributed by atoms with Crippen LogP contribution in [0.5, 0.6) is 0 Å². The zero-order chi connectivity index (χ0) is 13.6. The lowest BCUT2D eigenvalue weighted by Crippen LogP contribution is -2.49. The van der Waals surface area contributed by atoms with Gasteiger partial charge in [-0.05, 0) is 31.2 Å². The van der Waals surface area contributed by atoms with Crippen molar-refractivity contribution in [2.45, 2.75) is 50.0 Å². The van der Waals surface area contributed by atoms with Crippen molar-refractivity contribution in [2.24, 2.45) is 0 Å². The Labute approximate surface area is 118 Å². The van der Waals surface area contributed by atoms with E-state index < -0.39 is 0 Å². The summed E-state index contributed by atoms with van der Waals surface area (Å²) < 4.78 is 11.1. The van der Waals surface area contributed by atoms with E-state index in [0.717, 1.165) is 37.9 Å². The quantitative estimate of drug-likeness (QED) is 0.778. The van der Waals surface area contributed by atoms with Crippen LogP contribution in [-0.4, -0.2) is 35.3 Å². The highest BCUT2D eigenvalue weighted by atomic mass is 16.6. The number of benzene rings is 1. The maximum Gasteiger partial charge on any atom is 0.410 e. The fourth-order valence-electron chi connectivity index (χ4n) is 3.73. The smallest absolute Gasteiger partial charge is 0.410 e. The molecule has 4 heteroatoms. The zero-order valence-electron chi connectivity index (χ0n) is 11.5. The standard InChI is InChI=1S/C16H19NO3/c18-15(19-10-12-4-2-1-3-5-12)17-13-6-7-14(17)9-16(8-13)11-20-16/h1-5,13-14H,6-11H2/t13-,14-/m0/s1. The number of carbonyl (C=O) groups excluding carboxylic acids is 1. The molecule has 4 rings (SSSR count). The molecule has 0 saturated carbocycles. The normalized spacial score (nSPS) is 34.3. The average molecular weight is 273 g/mol. The second kappa shape index (κ2) is 4.48. The minimum absolute atomic E-state index is 0.113. The molecule has 106 valence electrons. The van der Waals surface area contributed by atoms with Gasteiger partial charge in [-0.2, -0.15) is 0 Å². The average Bonchev–Trinajstić information content (AvgIpc) is 3.15. The number of piperidine rings is 1. The van der Waals surface area contributed by atoms with E-state index in [1.807, 2.05) is 35.2 Å². The van der Waals surface area contributed by atoms with Crippen molar-refractivity contribution in [3.63, 3.8) is 0 Å². The van der Waals surface area contributed by atoms with Gasteiger partial charge < -0.3 is 14.4 Å². The van der Waals surface area contributed by atoms with Crippen LogP contribution in [0.2, 0.25) is 0 Å². The number of carbonyl (C=O) groups is 1. The van der Waals surface area contributed by atoms with Crippen molar-refractivity contribution < 1.29 is 14.3 Å². The summed E-state index contributed by atoms with van der Waals surface area (Å²) in [5.74, 6) is 0. The van der Waals surface area contributed by atoms with Crippen molar-refractivity contribution in [2.75, 3.05) is 6.61 Å². The summed E-state index contributed by atoms with van der Waals surface area (Å²) in [6.07, 6.45) is 4.01. The zero-order valence-corrected chi connectivity index (χ0v) is 11.5. The summed E-state index contributed by atoms with van der Waals surface area (Å²) in [5, 5.41) is 0. The number of nitrogens with zero attached hydrogens (tertiary/aromatic N) is 1. The molecule has 20 heavy (non-hydrogen) atoms. The SMILES string of the molecule is O=C(OCc1ccccc1)N1[C@H]2CC[C@H]1CC1(CO1)C2. The first-order valence-electron chi connectivity index (χ1n) is 7.39. The highest BCUT2D eigenvalue weighted by Crippen LogP contribution is 2.48. The van der Waals surface area contributed by atoms with Gasteiger partial charge in [-0.3, -0.25) is 0 Å². The molecule has 2 atom stereocenters. The minimum Gasteiger partial charge on any atom is -0.445 e. The number of hydrogen-bond acceptors (Lipinski definition) is 3. The Balaban J connectivity index is 1.39. The summed E-state index contributed by atoms with van der Waals surface area (Å²) in [4.78, 5) is 14.3. The van der Waals surface area contributed by atoms with E-state index >= 15 is 0 Å². The number of epoxide rings is 1. The van der Waals surface area contributed by atoms with E-state index in [9.17, 15) is 4.79 Å². The molecule has 3 saturated heterocycles. The Morgan fingerprint density at radius 3 is 2.50 bits per heavy atom. The van der Waals surface area contributed by atoms with Gasteiger partial charge in [-0.1, -0.05) is 30.3 Å². The van der Waals surface area contributed by atoms with Crippen LogP contribution in [0.3, 0.4) is 0 Å². The van der Waals surface area contributed by atoms with Crippen LogP contribution in [0.25, 0.3) is 0 Å². The van der Waals surface area contributed by atoms with Crippen molar-refractivity contribution in [3.05, 3.63) is 35.9 Å². The highest BCUT2D eigenvalue weighted by molar-refractivity contribution is 5.69. The van der Waals surface area contributed by atoms with Crippen LogP contribution in [-0.2, 0) is 16.1 Å². The van der Waals surface area contributed by atoms with E-state index in [1.165, 1.54) is 0 Å². The molecule has 1 aromatic rings. The molecule has 0 unspecified atom stereocenters. The Kier molecular flexibility index (Phi) is 2.74. The molecule has 1 amide bonds. The summed E-state index contributed by atoms with van der Waals surface area (Å²) >= 11 is 0. The van der Waals surface area contributed by atoms with Crippen LogP contribution >= 0.6 is 0 Å². The van der Waals surface area contributed by atoms with Gasteiger partial charge in [0.1, 0.15) is 6.61 Å². The van der Waals surface area contributed by atoms with Crippen LogP contribution in [0, 0.1) is 0 Å². The third kappa shape index (κ3) is 2.08. The number of hydrogen-bond donors (Lipinski definition) is 0. The summed E-state index contributed by atoms with van der Waals surface area (Å²) in [6, 6.07) is 10.5. The van der Waals surface area contributed by atoms with Gasteiger partial charge in [-0.25, -0.2) is 4.79 Å². The fraction of sp³-hybridized carbons (Fsp3) is 0.562. The topological polar surface area (TPSA) is 42.1 Å². The van der Waals surface area contributed by atoms with Gasteiger partial charge >= 0.3 is 6.09 Å². The minimum atomic E-state index is -0.156. The highest BCUT2D eigenvalue weighted by Gasteiger charge is 2.57. The second-order valence-electron chi connectivity index (χ2n) is 6.21. The summed E-state index contributed by atoms with van der Waals surface area (Å²) in [6.45, 7) is 1.24. The molecule has 3 aliphatic heterocycles. The maximum atomic E-state index is 12.3. The lowest BCUT2D eigenvalue weighted by Gasteiger charge is -2.36. The number of ether oxygens (including phenoxy) is 2. The van der Waals surface area contributed by atoms with E-state index in [1.54, 1.807) is 0 Å². The van der Waals surface area contributed by atoms with Gasteiger partial charge in [0.25, 0.3) is 0 Å². The summed E-state index contributed by atoms with van der Waals surface area (Å²) in [5.41, 5.74) is 1.15. The largest absolute Gasteiger partial charge is 0.445 e. The summed E-state index contributed by atoms with van der Waals surface area (Å²) in [7, 11) is 0. The Morgan fingerprint density at radius 2 is 1.90 bits per heavy atom. The molecule has 3 fully saturated rings. The third-order valence-electron chi connectivity index (χ3n) is 4.80. The molecular formula is C16H19NO3. The molecule has 0 N–H and O–H groups in total. The van der Waals surface area contributed by atoms with Crippen molar-refractivity contribution >= 4 is 6.09 Å². The van der Waals surface area contributed by atoms with E-state index in [-0.39, 0.29) is 11.7 Å². The lowest BCUT2D eigenvalue weighted by molar-refractivity contribution is 0.0451. The molecule has 1 spiro atoms. The predicted octanol–water partition coefficient (Wildman–Crippen LogP) is 2.72. The molecule has 0 radical (unpaired) electrons. The first kappa shape index (κ1) is 12.2. The number of rotatable bonds is 2. The molecule has 1 aromatic carbocycles. The third-order valence-corrected chi connectivity index (χ3v) is 4.80. The van der Waals surface area contributed by atoms with Crippen molar-refractivity contribution in [3.8, 4) is 0 Å². The predicted molar refractivity (Wildman–Crippen MR) is 73.2 cm³/mol. The van der Waals surface area contributed by atoms with Gasteiger partial charge in [0.15, 0.2) is 0 Å². The van der Waals surface area contributed by atoms with Gasteiger partial charge in [0.2, 0.25) is 0 Å². The second-order valence-corrected chi connectivity index (χ2v) is 6.21. The molecule has 2 bridgehead atoms. The molecule has 3 heterocycles. The van der Waals surface area contributed by atoms with Gasteiger partial charge in [0, 0.05) is 12.1 Å². The number of fused-ring (bicyclic) bond motifs is 2. The van der Waals surface area contributed by atoms with E-state index in [2.05, 4.69) is 0 Å². The first-order chi connectivity index (χ1) is 9.76. The molecular weight excluding hydrogens is 254 g/mol. The Morgan fingerprint density at radius 1 is 1.25 bits per heavy atom. The fourth-order valence-corrected chi connectivity index (χ4v) is 3.73. The Bertz CT molecular complexity index is 496. The van der Waals surface area contributed by atoms with Crippen LogP contribution in [0.15, 0.2) is 30.3 Å². The first-order valence-corrected chi connectivity index (χ1v) is 7.39. The number of amides is 1. The van der Waals surface area contributed by atoms with Crippen molar-refractivity contribution in [1.82, 2.24) is 4.90 Å². The van der Waals surface area contributed by atoms with Crippen LogP contribution in [0.4, 0.5) is 4.79 Å². The van der Waals surface area contributed by atoms with Crippen LogP contribution < -0.4 is 0 Å².